The normalized spacial score (nSPS) is 14.3. The van der Waals surface area contributed by atoms with E-state index in [-0.39, 0.29) is 18.3 Å². The van der Waals surface area contributed by atoms with Gasteiger partial charge in [0.15, 0.2) is 5.82 Å². The monoisotopic (exact) mass is 496 g/mol. The van der Waals surface area contributed by atoms with Crippen LogP contribution in [0.15, 0.2) is 70.0 Å². The number of H-pyrrole nitrogens is 1. The van der Waals surface area contributed by atoms with Crippen LogP contribution in [-0.4, -0.2) is 19.7 Å². The SMILES string of the molecule is CC(=C1c2ccc(Cn3c(C(C)C)nc4ccccc43)cc2COc2cc(F)ccc21)c1noc(=O)[nH]1. The van der Waals surface area contributed by atoms with Gasteiger partial charge in [-0.3, -0.25) is 9.51 Å². The van der Waals surface area contributed by atoms with Crippen LogP contribution in [0.2, 0.25) is 0 Å². The Bertz CT molecular complexity index is 1740. The highest BCUT2D eigenvalue weighted by molar-refractivity contribution is 5.99. The lowest BCUT2D eigenvalue weighted by Crippen LogP contribution is -2.08. The summed E-state index contributed by atoms with van der Waals surface area (Å²) in [5, 5.41) is 3.88. The summed E-state index contributed by atoms with van der Waals surface area (Å²) < 4.78 is 27.2. The average molecular weight is 497 g/mol. The van der Waals surface area contributed by atoms with E-state index in [1.54, 1.807) is 6.07 Å². The van der Waals surface area contributed by atoms with Crippen LogP contribution in [0, 0.1) is 5.82 Å². The van der Waals surface area contributed by atoms with Gasteiger partial charge in [-0.05, 0) is 59.5 Å². The summed E-state index contributed by atoms with van der Waals surface area (Å²) in [6.07, 6.45) is 0. The number of aromatic amines is 1. The fourth-order valence-corrected chi connectivity index (χ4v) is 5.03. The van der Waals surface area contributed by atoms with Gasteiger partial charge in [0, 0.05) is 29.7 Å². The zero-order chi connectivity index (χ0) is 25.7. The molecule has 0 amide bonds. The molecule has 1 N–H and O–H groups in total. The third-order valence-electron chi connectivity index (χ3n) is 6.75. The average Bonchev–Trinajstić information content (AvgIpc) is 3.44. The summed E-state index contributed by atoms with van der Waals surface area (Å²) in [5.41, 5.74) is 7.25. The number of hydrogen-bond donors (Lipinski definition) is 1. The molecule has 186 valence electrons. The van der Waals surface area contributed by atoms with Crippen LogP contribution in [0.25, 0.3) is 22.2 Å². The zero-order valence-electron chi connectivity index (χ0n) is 20.7. The summed E-state index contributed by atoms with van der Waals surface area (Å²) in [6, 6.07) is 18.9. The van der Waals surface area contributed by atoms with Crippen LogP contribution in [0.1, 0.15) is 60.6 Å². The van der Waals surface area contributed by atoms with E-state index in [2.05, 4.69) is 52.8 Å². The molecule has 0 aliphatic carbocycles. The summed E-state index contributed by atoms with van der Waals surface area (Å²) in [6.45, 7) is 7.07. The van der Waals surface area contributed by atoms with E-state index in [4.69, 9.17) is 14.2 Å². The third-order valence-corrected chi connectivity index (χ3v) is 6.75. The van der Waals surface area contributed by atoms with Gasteiger partial charge in [0.05, 0.1) is 11.0 Å². The molecule has 0 atom stereocenters. The molecule has 0 saturated carbocycles. The smallest absolute Gasteiger partial charge is 0.439 e. The Labute approximate surface area is 212 Å². The Balaban J connectivity index is 1.49. The molecule has 6 rings (SSSR count). The largest absolute Gasteiger partial charge is 0.488 e. The van der Waals surface area contributed by atoms with E-state index in [1.165, 1.54) is 12.1 Å². The fourth-order valence-electron chi connectivity index (χ4n) is 5.03. The molecule has 5 aromatic rings. The van der Waals surface area contributed by atoms with Crippen molar-refractivity contribution < 1.29 is 13.7 Å². The molecule has 3 heterocycles. The molecule has 0 fully saturated rings. The van der Waals surface area contributed by atoms with Crippen molar-refractivity contribution in [2.75, 3.05) is 0 Å². The molecule has 0 radical (unpaired) electrons. The minimum Gasteiger partial charge on any atom is -0.488 e. The van der Waals surface area contributed by atoms with Gasteiger partial charge in [0.2, 0.25) is 0 Å². The number of ether oxygens (including phenoxy) is 1. The van der Waals surface area contributed by atoms with E-state index in [9.17, 15) is 9.18 Å². The molecule has 1 aliphatic rings. The molecular formula is C29H25FN4O3. The quantitative estimate of drug-likeness (QED) is 0.335. The molecule has 0 saturated heterocycles. The minimum atomic E-state index is -0.636. The summed E-state index contributed by atoms with van der Waals surface area (Å²) in [4.78, 5) is 19.1. The third kappa shape index (κ3) is 4.04. The molecule has 3 aromatic carbocycles. The second-order valence-corrected chi connectivity index (χ2v) is 9.56. The first-order valence-electron chi connectivity index (χ1n) is 12.2. The van der Waals surface area contributed by atoms with Crippen LogP contribution >= 0.6 is 0 Å². The number of hydrogen-bond acceptors (Lipinski definition) is 5. The predicted octanol–water partition coefficient (Wildman–Crippen LogP) is 5.89. The first kappa shape index (κ1) is 23.0. The van der Waals surface area contributed by atoms with Crippen molar-refractivity contribution in [1.82, 2.24) is 19.7 Å². The van der Waals surface area contributed by atoms with E-state index < -0.39 is 5.76 Å². The van der Waals surface area contributed by atoms with Crippen molar-refractivity contribution in [2.24, 2.45) is 0 Å². The molecule has 0 unspecified atom stereocenters. The van der Waals surface area contributed by atoms with Gasteiger partial charge in [-0.2, -0.15) is 0 Å². The van der Waals surface area contributed by atoms with E-state index in [1.807, 2.05) is 25.1 Å². The number of allylic oxidation sites excluding steroid dienone is 1. The van der Waals surface area contributed by atoms with Gasteiger partial charge in [-0.15, -0.1) is 0 Å². The molecule has 7 nitrogen and oxygen atoms in total. The Morgan fingerprint density at radius 3 is 2.70 bits per heavy atom. The number of rotatable bonds is 4. The zero-order valence-corrected chi connectivity index (χ0v) is 20.7. The first-order chi connectivity index (χ1) is 17.9. The van der Waals surface area contributed by atoms with Crippen molar-refractivity contribution in [3.05, 3.63) is 111 Å². The maximum absolute atomic E-state index is 14.1. The Hall–Kier alpha value is -4.46. The summed E-state index contributed by atoms with van der Waals surface area (Å²) in [7, 11) is 0. The molecular weight excluding hydrogens is 471 g/mol. The lowest BCUT2D eigenvalue weighted by molar-refractivity contribution is 0.305. The second-order valence-electron chi connectivity index (χ2n) is 9.56. The molecule has 1 aliphatic heterocycles. The number of imidazole rings is 1. The standard InChI is InChI=1S/C29H25FN4O3/c1-16(2)28-31-23-6-4-5-7-24(23)34(28)14-18-8-10-21-19(12-18)15-36-25-13-20(30)9-11-22(25)26(21)17(3)27-32-29(35)37-33-27/h4-13,16H,14-15H2,1-3H3,(H,32,33,35). The number of benzene rings is 3. The van der Waals surface area contributed by atoms with Crippen LogP contribution in [0.3, 0.4) is 0 Å². The maximum Gasteiger partial charge on any atom is 0.439 e. The minimum absolute atomic E-state index is 0.266. The highest BCUT2D eigenvalue weighted by atomic mass is 19.1. The highest BCUT2D eigenvalue weighted by Gasteiger charge is 2.24. The van der Waals surface area contributed by atoms with Crippen LogP contribution < -0.4 is 10.5 Å². The van der Waals surface area contributed by atoms with Crippen molar-refractivity contribution >= 4 is 22.2 Å². The van der Waals surface area contributed by atoms with Crippen LogP contribution in [0.5, 0.6) is 5.75 Å². The summed E-state index contributed by atoms with van der Waals surface area (Å²) >= 11 is 0. The van der Waals surface area contributed by atoms with Crippen LogP contribution in [-0.2, 0) is 13.2 Å². The van der Waals surface area contributed by atoms with Gasteiger partial charge in [0.1, 0.15) is 24.0 Å². The highest BCUT2D eigenvalue weighted by Crippen LogP contribution is 2.41. The molecule has 2 aromatic heterocycles. The van der Waals surface area contributed by atoms with E-state index in [0.29, 0.717) is 23.7 Å². The molecule has 37 heavy (non-hydrogen) atoms. The summed E-state index contributed by atoms with van der Waals surface area (Å²) in [5.74, 6) is 1.03. The van der Waals surface area contributed by atoms with Gasteiger partial charge >= 0.3 is 5.76 Å². The molecule has 0 bridgehead atoms. The lowest BCUT2D eigenvalue weighted by atomic mass is 9.89. The Morgan fingerprint density at radius 2 is 1.92 bits per heavy atom. The van der Waals surface area contributed by atoms with Crippen molar-refractivity contribution in [3.8, 4) is 5.75 Å². The van der Waals surface area contributed by atoms with Crippen molar-refractivity contribution in [2.45, 2.75) is 39.8 Å². The van der Waals surface area contributed by atoms with E-state index in [0.717, 1.165) is 44.7 Å². The lowest BCUT2D eigenvalue weighted by Gasteiger charge is -2.16. The Morgan fingerprint density at radius 1 is 1.11 bits per heavy atom. The molecule has 0 spiro atoms. The predicted molar refractivity (Wildman–Crippen MR) is 139 cm³/mol. The maximum atomic E-state index is 14.1. The second kappa shape index (κ2) is 8.89. The first-order valence-corrected chi connectivity index (χ1v) is 12.2. The molecule has 8 heteroatoms. The van der Waals surface area contributed by atoms with Crippen LogP contribution in [0.4, 0.5) is 4.39 Å². The number of aromatic nitrogens is 4. The number of para-hydroxylation sites is 2. The van der Waals surface area contributed by atoms with E-state index >= 15 is 0 Å². The van der Waals surface area contributed by atoms with Gasteiger partial charge in [0.25, 0.3) is 0 Å². The number of nitrogens with zero attached hydrogens (tertiary/aromatic N) is 3. The number of nitrogens with one attached hydrogen (secondary N) is 1. The van der Waals surface area contributed by atoms with Gasteiger partial charge in [-0.25, -0.2) is 14.2 Å². The topological polar surface area (TPSA) is 85.9 Å². The number of halogens is 1. The van der Waals surface area contributed by atoms with Gasteiger partial charge < -0.3 is 9.30 Å². The number of fused-ring (bicyclic) bond motifs is 3. The van der Waals surface area contributed by atoms with Crippen molar-refractivity contribution in [3.63, 3.8) is 0 Å². The fraction of sp³-hybridized carbons (Fsp3) is 0.207. The van der Waals surface area contributed by atoms with Crippen molar-refractivity contribution in [1.29, 1.82) is 0 Å². The van der Waals surface area contributed by atoms with Gasteiger partial charge in [-0.1, -0.05) is 43.3 Å². The Kier molecular flexibility index (Phi) is 5.52.